The number of benzene rings is 1. The van der Waals surface area contributed by atoms with Gasteiger partial charge in [0, 0.05) is 17.3 Å². The smallest absolute Gasteiger partial charge is 0.272 e. The van der Waals surface area contributed by atoms with Crippen molar-refractivity contribution < 1.29 is 9.31 Å². The largest absolute Gasteiger partial charge is 0.382 e. The Morgan fingerprint density at radius 1 is 1.42 bits per heavy atom. The maximum absolute atomic E-state index is 14.0. The number of halogens is 1. The molecule has 2 N–H and O–H groups in total. The van der Waals surface area contributed by atoms with Gasteiger partial charge in [0.05, 0.1) is 11.0 Å². The fraction of sp³-hybridized carbons (Fsp3) is 0.250. The molecular formula is C12H11FN4O2. The lowest BCUT2D eigenvalue weighted by Gasteiger charge is -2.06. The normalized spacial score (nSPS) is 13.5. The highest BCUT2D eigenvalue weighted by molar-refractivity contribution is 5.51. The van der Waals surface area contributed by atoms with Crippen LogP contribution in [-0.4, -0.2) is 14.7 Å². The Morgan fingerprint density at radius 3 is 2.89 bits per heavy atom. The van der Waals surface area contributed by atoms with Crippen LogP contribution in [-0.2, 0) is 12.8 Å². The first-order valence-electron chi connectivity index (χ1n) is 5.88. The summed E-state index contributed by atoms with van der Waals surface area (Å²) in [5.74, 6) is -0.267. The molecule has 1 aliphatic rings. The van der Waals surface area contributed by atoms with Crippen LogP contribution in [0.25, 0.3) is 5.69 Å². The van der Waals surface area contributed by atoms with Crippen molar-refractivity contribution in [3.63, 3.8) is 0 Å². The fourth-order valence-corrected chi connectivity index (χ4v) is 2.45. The van der Waals surface area contributed by atoms with Gasteiger partial charge in [-0.25, -0.2) is 9.07 Å². The number of nitrogens with two attached hydrogens (primary N) is 1. The Kier molecular flexibility index (Phi) is 2.48. The van der Waals surface area contributed by atoms with Gasteiger partial charge in [-0.2, -0.15) is 5.10 Å². The van der Waals surface area contributed by atoms with Gasteiger partial charge in [0.1, 0.15) is 11.5 Å². The number of nitro groups is 1. The minimum atomic E-state index is -0.675. The van der Waals surface area contributed by atoms with Crippen LogP contribution in [0.1, 0.15) is 17.7 Å². The van der Waals surface area contributed by atoms with Crippen molar-refractivity contribution in [2.75, 3.05) is 5.73 Å². The van der Waals surface area contributed by atoms with E-state index < -0.39 is 10.7 Å². The molecule has 7 heteroatoms. The molecule has 0 spiro atoms. The molecule has 98 valence electrons. The van der Waals surface area contributed by atoms with Gasteiger partial charge in [-0.05, 0) is 25.3 Å². The minimum Gasteiger partial charge on any atom is -0.382 e. The number of anilines is 1. The predicted octanol–water partition coefficient (Wildman–Crippen LogP) is 1.99. The molecule has 2 aromatic rings. The number of rotatable bonds is 2. The molecule has 1 aliphatic carbocycles. The number of aromatic nitrogens is 2. The Labute approximate surface area is 107 Å². The highest BCUT2D eigenvalue weighted by atomic mass is 19.1. The lowest BCUT2D eigenvalue weighted by Crippen LogP contribution is -2.05. The van der Waals surface area contributed by atoms with Crippen LogP contribution in [0.2, 0.25) is 0 Å². The molecule has 0 bridgehead atoms. The molecule has 0 amide bonds. The Morgan fingerprint density at radius 2 is 2.21 bits per heavy atom. The van der Waals surface area contributed by atoms with Gasteiger partial charge in [-0.15, -0.1) is 0 Å². The third kappa shape index (κ3) is 1.74. The third-order valence-corrected chi connectivity index (χ3v) is 3.33. The molecule has 1 aromatic heterocycles. The monoisotopic (exact) mass is 262 g/mol. The molecule has 19 heavy (non-hydrogen) atoms. The van der Waals surface area contributed by atoms with E-state index in [0.717, 1.165) is 36.6 Å². The quantitative estimate of drug-likeness (QED) is 0.662. The highest BCUT2D eigenvalue weighted by Crippen LogP contribution is 2.30. The zero-order valence-electron chi connectivity index (χ0n) is 9.97. The van der Waals surface area contributed by atoms with Gasteiger partial charge in [0.25, 0.3) is 5.69 Å². The van der Waals surface area contributed by atoms with Crippen molar-refractivity contribution in [1.29, 1.82) is 0 Å². The van der Waals surface area contributed by atoms with E-state index in [1.165, 1.54) is 16.8 Å². The number of nitro benzene ring substituents is 1. The molecule has 0 unspecified atom stereocenters. The highest BCUT2D eigenvalue weighted by Gasteiger charge is 2.23. The van der Waals surface area contributed by atoms with Gasteiger partial charge in [-0.1, -0.05) is 0 Å². The van der Waals surface area contributed by atoms with Gasteiger partial charge >= 0.3 is 0 Å². The second-order valence-corrected chi connectivity index (χ2v) is 4.47. The average Bonchev–Trinajstić information content (AvgIpc) is 2.94. The van der Waals surface area contributed by atoms with Crippen LogP contribution in [0.15, 0.2) is 18.2 Å². The van der Waals surface area contributed by atoms with Crippen LogP contribution in [0, 0.1) is 15.9 Å². The summed E-state index contributed by atoms with van der Waals surface area (Å²) >= 11 is 0. The number of hydrogen-bond donors (Lipinski definition) is 1. The summed E-state index contributed by atoms with van der Waals surface area (Å²) in [6, 6.07) is 3.52. The molecule has 0 fully saturated rings. The number of non-ortho nitro benzene ring substituents is 1. The summed E-state index contributed by atoms with van der Waals surface area (Å²) in [7, 11) is 0. The van der Waals surface area contributed by atoms with E-state index in [0.29, 0.717) is 5.82 Å². The molecular weight excluding hydrogens is 251 g/mol. The van der Waals surface area contributed by atoms with Crippen LogP contribution in [0.4, 0.5) is 15.9 Å². The molecule has 1 aromatic carbocycles. The minimum absolute atomic E-state index is 0.195. The molecule has 6 nitrogen and oxygen atoms in total. The van der Waals surface area contributed by atoms with Gasteiger partial charge in [-0.3, -0.25) is 10.1 Å². The van der Waals surface area contributed by atoms with Crippen molar-refractivity contribution in [3.05, 3.63) is 45.4 Å². The fourth-order valence-electron chi connectivity index (χ4n) is 2.45. The zero-order chi connectivity index (χ0) is 13.6. The molecule has 0 saturated heterocycles. The summed E-state index contributed by atoms with van der Waals surface area (Å²) in [5.41, 5.74) is 7.56. The van der Waals surface area contributed by atoms with Crippen molar-refractivity contribution in [2.24, 2.45) is 0 Å². The Balaban J connectivity index is 2.13. The number of nitrogens with zero attached hydrogens (tertiary/aromatic N) is 3. The molecule has 0 saturated carbocycles. The van der Waals surface area contributed by atoms with Crippen molar-refractivity contribution in [1.82, 2.24) is 9.78 Å². The summed E-state index contributed by atoms with van der Waals surface area (Å²) in [6.07, 6.45) is 2.59. The average molecular weight is 262 g/mol. The lowest BCUT2D eigenvalue weighted by atomic mass is 10.2. The first-order valence-corrected chi connectivity index (χ1v) is 5.88. The second kappa shape index (κ2) is 4.04. The molecule has 0 aliphatic heterocycles. The van der Waals surface area contributed by atoms with Crippen LogP contribution in [0.5, 0.6) is 0 Å². The summed E-state index contributed by atoms with van der Waals surface area (Å²) < 4.78 is 15.4. The number of hydrogen-bond acceptors (Lipinski definition) is 4. The Bertz CT molecular complexity index is 681. The summed E-state index contributed by atoms with van der Waals surface area (Å²) in [6.45, 7) is 0. The van der Waals surface area contributed by atoms with Gasteiger partial charge in [0.15, 0.2) is 5.82 Å². The van der Waals surface area contributed by atoms with E-state index in [4.69, 9.17) is 5.73 Å². The lowest BCUT2D eigenvalue weighted by molar-refractivity contribution is -0.385. The zero-order valence-corrected chi connectivity index (χ0v) is 9.97. The van der Waals surface area contributed by atoms with Crippen LogP contribution in [0.3, 0.4) is 0 Å². The molecule has 3 rings (SSSR count). The van der Waals surface area contributed by atoms with E-state index in [9.17, 15) is 14.5 Å². The standard InChI is InChI=1S/C12H11FN4O2/c13-9-6-7(17(18)19)4-5-11(9)16-10-3-1-2-8(10)12(14)15-16/h4-6H,1-3H2,(H2,14,15). The maximum atomic E-state index is 14.0. The molecule has 0 radical (unpaired) electrons. The predicted molar refractivity (Wildman–Crippen MR) is 66.6 cm³/mol. The molecule has 1 heterocycles. The second-order valence-electron chi connectivity index (χ2n) is 4.47. The van der Waals surface area contributed by atoms with E-state index in [-0.39, 0.29) is 11.4 Å². The van der Waals surface area contributed by atoms with E-state index >= 15 is 0 Å². The topological polar surface area (TPSA) is 87.0 Å². The summed E-state index contributed by atoms with van der Waals surface area (Å²) in [5, 5.41) is 14.7. The van der Waals surface area contributed by atoms with E-state index in [2.05, 4.69) is 5.10 Å². The maximum Gasteiger partial charge on any atom is 0.272 e. The number of fused-ring (bicyclic) bond motifs is 1. The first kappa shape index (κ1) is 11.6. The number of nitrogen functional groups attached to an aromatic ring is 1. The van der Waals surface area contributed by atoms with Crippen molar-refractivity contribution in [2.45, 2.75) is 19.3 Å². The van der Waals surface area contributed by atoms with Gasteiger partial charge in [0.2, 0.25) is 0 Å². The van der Waals surface area contributed by atoms with Gasteiger partial charge < -0.3 is 5.73 Å². The Hall–Kier alpha value is -2.44. The first-order chi connectivity index (χ1) is 9.08. The van der Waals surface area contributed by atoms with E-state index in [1.807, 2.05) is 0 Å². The third-order valence-electron chi connectivity index (χ3n) is 3.33. The molecule has 0 atom stereocenters. The van der Waals surface area contributed by atoms with E-state index in [1.54, 1.807) is 0 Å². The van der Waals surface area contributed by atoms with Crippen molar-refractivity contribution >= 4 is 11.5 Å². The van der Waals surface area contributed by atoms with Crippen molar-refractivity contribution in [3.8, 4) is 5.69 Å². The summed E-state index contributed by atoms with van der Waals surface area (Å²) in [4.78, 5) is 9.96. The SMILES string of the molecule is Nc1nn(-c2ccc([N+](=O)[O-])cc2F)c2c1CCC2. The van der Waals surface area contributed by atoms with Crippen LogP contribution >= 0.6 is 0 Å². The van der Waals surface area contributed by atoms with Crippen LogP contribution < -0.4 is 5.73 Å².